The highest BCUT2D eigenvalue weighted by Gasteiger charge is 2.20. The van der Waals surface area contributed by atoms with Gasteiger partial charge in [-0.3, -0.25) is 0 Å². The highest BCUT2D eigenvalue weighted by atomic mass is 35.5. The normalized spacial score (nSPS) is 14.8. The maximum atomic E-state index is 6.23. The molecule has 19 heavy (non-hydrogen) atoms. The Morgan fingerprint density at radius 3 is 3.00 bits per heavy atom. The second kappa shape index (κ2) is 5.35. The van der Waals surface area contributed by atoms with E-state index in [1.807, 2.05) is 25.1 Å². The van der Waals surface area contributed by atoms with E-state index in [0.29, 0.717) is 5.02 Å². The average molecular weight is 277 g/mol. The molecule has 0 saturated heterocycles. The van der Waals surface area contributed by atoms with Crippen LogP contribution >= 0.6 is 11.6 Å². The molecule has 0 bridgehead atoms. The monoisotopic (exact) mass is 276 g/mol. The molecule has 3 rings (SSSR count). The summed E-state index contributed by atoms with van der Waals surface area (Å²) >= 11 is 6.23. The summed E-state index contributed by atoms with van der Waals surface area (Å²) in [5.74, 6) is 1.51. The third-order valence-corrected chi connectivity index (χ3v) is 3.61. The minimum absolute atomic E-state index is 0.707. The van der Waals surface area contributed by atoms with Gasteiger partial charge in [0.1, 0.15) is 0 Å². The van der Waals surface area contributed by atoms with Gasteiger partial charge in [0.15, 0.2) is 11.7 Å². The van der Waals surface area contributed by atoms with E-state index in [0.717, 1.165) is 41.8 Å². The Kier molecular flexibility index (Phi) is 3.58. The van der Waals surface area contributed by atoms with Crippen molar-refractivity contribution in [3.63, 3.8) is 0 Å². The Bertz CT molecular complexity index is 575. The predicted octanol–water partition coefficient (Wildman–Crippen LogP) is 3.60. The van der Waals surface area contributed by atoms with Gasteiger partial charge in [0.25, 0.3) is 0 Å². The van der Waals surface area contributed by atoms with E-state index in [4.69, 9.17) is 16.0 Å². The van der Waals surface area contributed by atoms with Crippen LogP contribution in [0.5, 0.6) is 0 Å². The maximum Gasteiger partial charge on any atom is 0.196 e. The van der Waals surface area contributed by atoms with Gasteiger partial charge in [-0.2, -0.15) is 0 Å². The van der Waals surface area contributed by atoms with Gasteiger partial charge in [0.2, 0.25) is 0 Å². The number of aryl methyl sites for hydroxylation is 1. The summed E-state index contributed by atoms with van der Waals surface area (Å²) in [4.78, 5) is 4.31. The van der Waals surface area contributed by atoms with Gasteiger partial charge < -0.3 is 9.73 Å². The summed E-state index contributed by atoms with van der Waals surface area (Å²) in [5.41, 5.74) is 2.04. The van der Waals surface area contributed by atoms with Gasteiger partial charge >= 0.3 is 0 Å². The lowest BCUT2D eigenvalue weighted by atomic mass is 10.1. The number of benzene rings is 1. The van der Waals surface area contributed by atoms with Crippen molar-refractivity contribution in [3.05, 3.63) is 40.9 Å². The molecular weight excluding hydrogens is 260 g/mol. The molecule has 2 aromatic rings. The first-order chi connectivity index (χ1) is 9.22. The number of oxazole rings is 1. The van der Waals surface area contributed by atoms with Crippen LogP contribution in [-0.4, -0.2) is 17.6 Å². The summed E-state index contributed by atoms with van der Waals surface area (Å²) in [7, 11) is 0. The molecule has 100 valence electrons. The predicted molar refractivity (Wildman–Crippen MR) is 76.4 cm³/mol. The van der Waals surface area contributed by atoms with Crippen molar-refractivity contribution < 1.29 is 4.42 Å². The zero-order valence-electron chi connectivity index (χ0n) is 10.9. The fraction of sp³-hybridized carbons (Fsp3) is 0.400. The van der Waals surface area contributed by atoms with E-state index in [1.165, 1.54) is 12.8 Å². The van der Waals surface area contributed by atoms with Crippen molar-refractivity contribution in [2.75, 3.05) is 6.54 Å². The lowest BCUT2D eigenvalue weighted by molar-refractivity contribution is 0.494. The van der Waals surface area contributed by atoms with Crippen molar-refractivity contribution in [2.24, 2.45) is 0 Å². The van der Waals surface area contributed by atoms with E-state index >= 15 is 0 Å². The van der Waals surface area contributed by atoms with Crippen molar-refractivity contribution >= 4 is 11.6 Å². The molecule has 0 spiro atoms. The molecule has 1 fully saturated rings. The van der Waals surface area contributed by atoms with Crippen LogP contribution in [0.2, 0.25) is 5.02 Å². The molecule has 1 saturated carbocycles. The quantitative estimate of drug-likeness (QED) is 0.907. The van der Waals surface area contributed by atoms with Gasteiger partial charge in [-0.25, -0.2) is 4.98 Å². The summed E-state index contributed by atoms with van der Waals surface area (Å²) in [5, 5.41) is 4.15. The molecule has 1 N–H and O–H groups in total. The number of hydrogen-bond donors (Lipinski definition) is 1. The zero-order chi connectivity index (χ0) is 13.2. The Morgan fingerprint density at radius 2 is 2.26 bits per heavy atom. The van der Waals surface area contributed by atoms with Crippen molar-refractivity contribution in [1.29, 1.82) is 0 Å². The first-order valence-corrected chi connectivity index (χ1v) is 7.05. The number of aromatic nitrogens is 1. The first kappa shape index (κ1) is 12.7. The molecule has 4 heteroatoms. The van der Waals surface area contributed by atoms with E-state index in [9.17, 15) is 0 Å². The van der Waals surface area contributed by atoms with Crippen LogP contribution in [0.3, 0.4) is 0 Å². The Labute approximate surface area is 118 Å². The highest BCUT2D eigenvalue weighted by molar-refractivity contribution is 6.33. The summed E-state index contributed by atoms with van der Waals surface area (Å²) in [6.07, 6.45) is 5.18. The lowest BCUT2D eigenvalue weighted by Crippen LogP contribution is -2.19. The van der Waals surface area contributed by atoms with Gasteiger partial charge in [0, 0.05) is 24.6 Å². The summed E-state index contributed by atoms with van der Waals surface area (Å²) < 4.78 is 5.76. The van der Waals surface area contributed by atoms with Crippen molar-refractivity contribution in [2.45, 2.75) is 32.2 Å². The SMILES string of the molecule is Cc1ccc(-c2cnc(CCNC3CC3)o2)c(Cl)c1. The number of rotatable bonds is 5. The average Bonchev–Trinajstić information content (AvgIpc) is 3.07. The van der Waals surface area contributed by atoms with Crippen LogP contribution in [0.1, 0.15) is 24.3 Å². The molecule has 1 aromatic heterocycles. The molecule has 0 amide bonds. The highest BCUT2D eigenvalue weighted by Crippen LogP contribution is 2.29. The molecule has 1 aliphatic carbocycles. The number of nitrogens with zero attached hydrogens (tertiary/aromatic N) is 1. The minimum atomic E-state index is 0.707. The van der Waals surface area contributed by atoms with Gasteiger partial charge in [0.05, 0.1) is 11.2 Å². The zero-order valence-corrected chi connectivity index (χ0v) is 11.7. The van der Waals surface area contributed by atoms with E-state index < -0.39 is 0 Å². The third kappa shape index (κ3) is 3.17. The fourth-order valence-corrected chi connectivity index (χ4v) is 2.37. The largest absolute Gasteiger partial charge is 0.441 e. The van der Waals surface area contributed by atoms with Crippen LogP contribution in [0, 0.1) is 6.92 Å². The van der Waals surface area contributed by atoms with E-state index in [2.05, 4.69) is 10.3 Å². The molecule has 0 radical (unpaired) electrons. The molecule has 1 aromatic carbocycles. The molecule has 1 aliphatic rings. The van der Waals surface area contributed by atoms with Crippen molar-refractivity contribution in [3.8, 4) is 11.3 Å². The fourth-order valence-electron chi connectivity index (χ4n) is 2.04. The number of hydrogen-bond acceptors (Lipinski definition) is 3. The topological polar surface area (TPSA) is 38.1 Å². The third-order valence-electron chi connectivity index (χ3n) is 3.29. The van der Waals surface area contributed by atoms with E-state index in [1.54, 1.807) is 6.20 Å². The molecule has 0 unspecified atom stereocenters. The van der Waals surface area contributed by atoms with Crippen LogP contribution in [-0.2, 0) is 6.42 Å². The Balaban J connectivity index is 1.68. The van der Waals surface area contributed by atoms with Crippen LogP contribution in [0.4, 0.5) is 0 Å². The second-order valence-corrected chi connectivity index (χ2v) is 5.49. The van der Waals surface area contributed by atoms with Crippen molar-refractivity contribution in [1.82, 2.24) is 10.3 Å². The second-order valence-electron chi connectivity index (χ2n) is 5.08. The Hall–Kier alpha value is -1.32. The van der Waals surface area contributed by atoms with Gasteiger partial charge in [-0.05, 0) is 37.5 Å². The van der Waals surface area contributed by atoms with Gasteiger partial charge in [-0.1, -0.05) is 17.7 Å². The summed E-state index contributed by atoms with van der Waals surface area (Å²) in [6, 6.07) is 6.66. The molecule has 0 atom stereocenters. The molecular formula is C15H17ClN2O. The molecule has 0 aliphatic heterocycles. The maximum absolute atomic E-state index is 6.23. The minimum Gasteiger partial charge on any atom is -0.441 e. The van der Waals surface area contributed by atoms with Crippen LogP contribution < -0.4 is 5.32 Å². The smallest absolute Gasteiger partial charge is 0.196 e. The first-order valence-electron chi connectivity index (χ1n) is 6.67. The number of halogens is 1. The van der Waals surface area contributed by atoms with Crippen LogP contribution in [0.25, 0.3) is 11.3 Å². The Morgan fingerprint density at radius 1 is 1.42 bits per heavy atom. The lowest BCUT2D eigenvalue weighted by Gasteiger charge is -2.01. The van der Waals surface area contributed by atoms with E-state index in [-0.39, 0.29) is 0 Å². The number of nitrogens with one attached hydrogen (secondary N) is 1. The molecule has 3 nitrogen and oxygen atoms in total. The summed E-state index contributed by atoms with van der Waals surface area (Å²) in [6.45, 7) is 2.94. The standard InChI is InChI=1S/C15H17ClN2O/c1-10-2-5-12(13(16)8-10)14-9-18-15(19-14)6-7-17-11-3-4-11/h2,5,8-9,11,17H,3-4,6-7H2,1H3. The van der Waals surface area contributed by atoms with Crippen LogP contribution in [0.15, 0.2) is 28.8 Å². The molecule has 1 heterocycles. The van der Waals surface area contributed by atoms with Gasteiger partial charge in [-0.15, -0.1) is 0 Å².